The van der Waals surface area contributed by atoms with Crippen molar-refractivity contribution in [3.63, 3.8) is 0 Å². The molecular formula is C9H10ClF3N2O. The van der Waals surface area contributed by atoms with Gasteiger partial charge in [0.2, 0.25) is 0 Å². The molecule has 0 atom stereocenters. The van der Waals surface area contributed by atoms with E-state index in [1.54, 1.807) is 0 Å². The Morgan fingerprint density at radius 2 is 1.69 bits per heavy atom. The molecule has 0 fully saturated rings. The fourth-order valence-corrected chi connectivity index (χ4v) is 1.01. The molecule has 7 heteroatoms. The maximum atomic E-state index is 12.2. The third-order valence-corrected chi connectivity index (χ3v) is 1.78. The van der Waals surface area contributed by atoms with Crippen LogP contribution in [0.4, 0.5) is 13.2 Å². The molecule has 0 heterocycles. The molecule has 0 spiro atoms. The number of carbonyl (C=O) groups is 1. The summed E-state index contributed by atoms with van der Waals surface area (Å²) in [6, 6.07) is 3.87. The lowest BCUT2D eigenvalue weighted by molar-refractivity contribution is -0.137. The molecule has 1 aromatic rings. The lowest BCUT2D eigenvalue weighted by atomic mass is 10.1. The minimum atomic E-state index is -4.39. The van der Waals surface area contributed by atoms with Gasteiger partial charge in [0.15, 0.2) is 0 Å². The van der Waals surface area contributed by atoms with Crippen LogP contribution in [0.1, 0.15) is 15.9 Å². The Balaban J connectivity index is 0.00000225. The second-order valence-corrected chi connectivity index (χ2v) is 2.99. The minimum absolute atomic E-state index is 0. The van der Waals surface area contributed by atoms with Crippen molar-refractivity contribution in [3.05, 3.63) is 35.4 Å². The van der Waals surface area contributed by atoms with E-state index in [0.717, 1.165) is 29.3 Å². The maximum Gasteiger partial charge on any atom is 0.416 e. The molecule has 16 heavy (non-hydrogen) atoms. The van der Waals surface area contributed by atoms with Crippen molar-refractivity contribution < 1.29 is 18.0 Å². The van der Waals surface area contributed by atoms with Gasteiger partial charge in [-0.1, -0.05) is 0 Å². The van der Waals surface area contributed by atoms with Crippen molar-refractivity contribution in [2.24, 2.45) is 5.84 Å². The summed E-state index contributed by atoms with van der Waals surface area (Å²) in [6.45, 7) is 0. The highest BCUT2D eigenvalue weighted by atomic mass is 35.5. The SMILES string of the molecule is CN(N)C(=O)c1ccc(C(F)(F)F)cc1.Cl. The van der Waals surface area contributed by atoms with Gasteiger partial charge in [-0.3, -0.25) is 9.80 Å². The Bertz CT molecular complexity index is 362. The average Bonchev–Trinajstić information content (AvgIpc) is 2.15. The molecule has 0 unspecified atom stereocenters. The quantitative estimate of drug-likeness (QED) is 0.474. The molecule has 90 valence electrons. The molecule has 0 radical (unpaired) electrons. The summed E-state index contributed by atoms with van der Waals surface area (Å²) < 4.78 is 36.5. The molecule has 0 aromatic heterocycles. The van der Waals surface area contributed by atoms with E-state index in [1.807, 2.05) is 0 Å². The van der Waals surface area contributed by atoms with Crippen LogP contribution in [0.2, 0.25) is 0 Å². The van der Waals surface area contributed by atoms with Gasteiger partial charge in [-0.05, 0) is 24.3 Å². The van der Waals surface area contributed by atoms with Gasteiger partial charge in [0, 0.05) is 12.6 Å². The number of hydrazine groups is 1. The monoisotopic (exact) mass is 254 g/mol. The van der Waals surface area contributed by atoms with Crippen LogP contribution in [-0.4, -0.2) is 18.0 Å². The highest BCUT2D eigenvalue weighted by Gasteiger charge is 2.30. The Morgan fingerprint density at radius 1 is 1.25 bits per heavy atom. The molecule has 1 amide bonds. The number of amides is 1. The number of carbonyl (C=O) groups excluding carboxylic acids is 1. The Labute approximate surface area is 96.4 Å². The number of halogens is 4. The molecule has 0 aliphatic carbocycles. The summed E-state index contributed by atoms with van der Waals surface area (Å²) in [5.74, 6) is 4.62. The predicted molar refractivity (Wildman–Crippen MR) is 55.0 cm³/mol. The second kappa shape index (κ2) is 5.18. The van der Waals surface area contributed by atoms with Crippen LogP contribution in [0.5, 0.6) is 0 Å². The van der Waals surface area contributed by atoms with Crippen LogP contribution in [0.25, 0.3) is 0 Å². The molecule has 0 saturated carbocycles. The molecule has 0 aliphatic heterocycles. The van der Waals surface area contributed by atoms with E-state index in [0.29, 0.717) is 0 Å². The molecule has 0 aliphatic rings. The van der Waals surface area contributed by atoms with E-state index >= 15 is 0 Å². The van der Waals surface area contributed by atoms with Gasteiger partial charge in [-0.2, -0.15) is 13.2 Å². The van der Waals surface area contributed by atoms with Gasteiger partial charge in [0.05, 0.1) is 5.56 Å². The second-order valence-electron chi connectivity index (χ2n) is 2.99. The molecular weight excluding hydrogens is 245 g/mol. The van der Waals surface area contributed by atoms with Crippen molar-refractivity contribution in [3.8, 4) is 0 Å². The van der Waals surface area contributed by atoms with Crippen molar-refractivity contribution in [1.82, 2.24) is 5.01 Å². The number of benzene rings is 1. The minimum Gasteiger partial charge on any atom is -0.280 e. The zero-order valence-electron chi connectivity index (χ0n) is 8.28. The topological polar surface area (TPSA) is 46.3 Å². The summed E-state index contributed by atoms with van der Waals surface area (Å²) in [5, 5.41) is 0.808. The van der Waals surface area contributed by atoms with Gasteiger partial charge in [0.25, 0.3) is 5.91 Å². The van der Waals surface area contributed by atoms with E-state index < -0.39 is 17.6 Å². The molecule has 2 N–H and O–H groups in total. The van der Waals surface area contributed by atoms with E-state index in [4.69, 9.17) is 5.84 Å². The van der Waals surface area contributed by atoms with Crippen LogP contribution in [0.15, 0.2) is 24.3 Å². The maximum absolute atomic E-state index is 12.2. The first-order valence-electron chi connectivity index (χ1n) is 4.02. The Kier molecular flexibility index (Phi) is 4.77. The van der Waals surface area contributed by atoms with Crippen LogP contribution in [0, 0.1) is 0 Å². The van der Waals surface area contributed by atoms with Crippen LogP contribution < -0.4 is 5.84 Å². The zero-order valence-corrected chi connectivity index (χ0v) is 9.10. The third-order valence-electron chi connectivity index (χ3n) is 1.78. The summed E-state index contributed by atoms with van der Waals surface area (Å²) in [7, 11) is 1.32. The van der Waals surface area contributed by atoms with Gasteiger partial charge in [0.1, 0.15) is 0 Å². The normalized spacial score (nSPS) is 10.6. The molecule has 0 saturated heterocycles. The summed E-state index contributed by atoms with van der Waals surface area (Å²) in [6.07, 6.45) is -4.39. The highest BCUT2D eigenvalue weighted by molar-refractivity contribution is 5.93. The Hall–Kier alpha value is -1.27. The van der Waals surface area contributed by atoms with Crippen molar-refractivity contribution in [2.45, 2.75) is 6.18 Å². The number of hydrogen-bond acceptors (Lipinski definition) is 2. The molecule has 1 rings (SSSR count). The molecule has 0 bridgehead atoms. The lowest BCUT2D eigenvalue weighted by Gasteiger charge is -2.11. The average molecular weight is 255 g/mol. The summed E-state index contributed by atoms with van der Waals surface area (Å²) >= 11 is 0. The largest absolute Gasteiger partial charge is 0.416 e. The van der Waals surface area contributed by atoms with E-state index in [9.17, 15) is 18.0 Å². The van der Waals surface area contributed by atoms with Gasteiger partial charge in [-0.15, -0.1) is 12.4 Å². The summed E-state index contributed by atoms with van der Waals surface area (Å²) in [5.41, 5.74) is -0.674. The van der Waals surface area contributed by atoms with E-state index in [2.05, 4.69) is 0 Å². The first kappa shape index (κ1) is 14.7. The smallest absolute Gasteiger partial charge is 0.280 e. The summed E-state index contributed by atoms with van der Waals surface area (Å²) in [4.78, 5) is 11.2. The predicted octanol–water partition coefficient (Wildman–Crippen LogP) is 2.07. The van der Waals surface area contributed by atoms with Crippen molar-refractivity contribution >= 4 is 18.3 Å². The van der Waals surface area contributed by atoms with Gasteiger partial charge < -0.3 is 0 Å². The van der Waals surface area contributed by atoms with Crippen LogP contribution in [0.3, 0.4) is 0 Å². The standard InChI is InChI=1S/C9H9F3N2O.ClH/c1-14(13)8(15)6-2-4-7(5-3-6)9(10,11)12;/h2-5H,13H2,1H3;1H. The molecule has 1 aromatic carbocycles. The number of nitrogens with zero attached hydrogens (tertiary/aromatic N) is 1. The lowest BCUT2D eigenvalue weighted by Crippen LogP contribution is -2.33. The number of nitrogens with two attached hydrogens (primary N) is 1. The molecule has 3 nitrogen and oxygen atoms in total. The van der Waals surface area contributed by atoms with Crippen molar-refractivity contribution in [1.29, 1.82) is 0 Å². The van der Waals surface area contributed by atoms with E-state index in [1.165, 1.54) is 7.05 Å². The third kappa shape index (κ3) is 3.39. The fourth-order valence-electron chi connectivity index (χ4n) is 1.01. The van der Waals surface area contributed by atoms with Gasteiger partial charge >= 0.3 is 6.18 Å². The van der Waals surface area contributed by atoms with E-state index in [-0.39, 0.29) is 18.0 Å². The zero-order chi connectivity index (χ0) is 11.6. The van der Waals surface area contributed by atoms with Gasteiger partial charge in [-0.25, -0.2) is 5.84 Å². The Morgan fingerprint density at radius 3 is 2.00 bits per heavy atom. The van der Waals surface area contributed by atoms with Crippen LogP contribution >= 0.6 is 12.4 Å². The first-order chi connectivity index (χ1) is 6.82. The van der Waals surface area contributed by atoms with Crippen molar-refractivity contribution in [2.75, 3.05) is 7.05 Å². The number of hydrogen-bond donors (Lipinski definition) is 1. The first-order valence-corrected chi connectivity index (χ1v) is 4.02. The fraction of sp³-hybridized carbons (Fsp3) is 0.222. The highest BCUT2D eigenvalue weighted by Crippen LogP contribution is 2.29. The number of alkyl halides is 3. The number of rotatable bonds is 1. The van der Waals surface area contributed by atoms with Crippen LogP contribution in [-0.2, 0) is 6.18 Å².